The summed E-state index contributed by atoms with van der Waals surface area (Å²) in [5, 5.41) is 10.4. The molecule has 0 aromatic rings. The molecule has 0 bridgehead atoms. The van der Waals surface area contributed by atoms with Crippen molar-refractivity contribution in [3.8, 4) is 0 Å². The van der Waals surface area contributed by atoms with Crippen molar-refractivity contribution in [2.75, 3.05) is 7.11 Å². The smallest absolute Gasteiger partial charge is 0.370 e. The lowest BCUT2D eigenvalue weighted by atomic mass is 10.8. The maximum Gasteiger partial charge on any atom is 0.370 e. The fraction of sp³-hybridized carbons (Fsp3) is 0.500. The zero-order chi connectivity index (χ0) is 5.98. The van der Waals surface area contributed by atoms with Crippen molar-refractivity contribution in [2.24, 2.45) is 4.99 Å². The van der Waals surface area contributed by atoms with E-state index in [2.05, 4.69) is 9.73 Å². The molecule has 4 heteroatoms. The summed E-state index contributed by atoms with van der Waals surface area (Å²) in [5.41, 5.74) is 0. The molecule has 4 nitrogen and oxygen atoms in total. The number of nitrogens with zero attached hydrogens (tertiary/aromatic N) is 2. The molecule has 1 heterocycles. The highest BCUT2D eigenvalue weighted by atomic mass is 16.6. The summed E-state index contributed by atoms with van der Waals surface area (Å²) >= 11 is 0. The summed E-state index contributed by atoms with van der Waals surface area (Å²) < 4.78 is 5.25. The van der Waals surface area contributed by atoms with Gasteiger partial charge in [-0.2, -0.15) is 9.73 Å². The van der Waals surface area contributed by atoms with Gasteiger partial charge in [0.1, 0.15) is 0 Å². The molecule has 0 fully saturated rings. The topological polar surface area (TPSA) is 47.7 Å². The van der Waals surface area contributed by atoms with Gasteiger partial charge in [-0.3, -0.25) is 0 Å². The molecule has 1 unspecified atom stereocenters. The first kappa shape index (κ1) is 5.24. The average molecular weight is 114 g/mol. The van der Waals surface area contributed by atoms with Gasteiger partial charge in [0.2, 0.25) is 0 Å². The predicted molar refractivity (Wildman–Crippen MR) is 29.0 cm³/mol. The van der Waals surface area contributed by atoms with E-state index < -0.39 is 6.35 Å². The van der Waals surface area contributed by atoms with E-state index in [0.29, 0.717) is 4.74 Å². The van der Waals surface area contributed by atoms with Gasteiger partial charge in [0, 0.05) is 7.11 Å². The Bertz CT molecular complexity index is 141. The third-order valence-electron chi connectivity index (χ3n) is 0.856. The largest absolute Gasteiger partial charge is 0.620 e. The molecule has 1 aliphatic rings. The lowest BCUT2D eigenvalue weighted by molar-refractivity contribution is -0.543. The molecule has 0 aliphatic carbocycles. The molecule has 44 valence electrons. The van der Waals surface area contributed by atoms with Gasteiger partial charge >= 0.3 is 6.35 Å². The SMILES string of the molecule is COC1N=CC=[N+]1[O-]. The Morgan fingerprint density at radius 2 is 2.62 bits per heavy atom. The van der Waals surface area contributed by atoms with Gasteiger partial charge in [0.15, 0.2) is 6.21 Å². The van der Waals surface area contributed by atoms with Gasteiger partial charge in [-0.15, -0.1) is 0 Å². The van der Waals surface area contributed by atoms with Crippen LogP contribution in [0.25, 0.3) is 0 Å². The lowest BCUT2D eigenvalue weighted by Gasteiger charge is -2.03. The fourth-order valence-corrected chi connectivity index (χ4v) is 0.482. The molecule has 0 saturated carbocycles. The van der Waals surface area contributed by atoms with Crippen LogP contribution in [0.4, 0.5) is 0 Å². The number of methoxy groups -OCH3 is 1. The molecule has 0 aromatic carbocycles. The van der Waals surface area contributed by atoms with Gasteiger partial charge < -0.3 is 9.94 Å². The third-order valence-corrected chi connectivity index (χ3v) is 0.856. The van der Waals surface area contributed by atoms with Crippen LogP contribution in [0.3, 0.4) is 0 Å². The summed E-state index contributed by atoms with van der Waals surface area (Å²) in [4.78, 5) is 3.65. The molecule has 1 atom stereocenters. The summed E-state index contributed by atoms with van der Waals surface area (Å²) in [6, 6.07) is 0. The van der Waals surface area contributed by atoms with Crippen molar-refractivity contribution in [3.05, 3.63) is 5.21 Å². The van der Waals surface area contributed by atoms with Crippen molar-refractivity contribution in [3.63, 3.8) is 0 Å². The number of hydrogen-bond donors (Lipinski definition) is 0. The van der Waals surface area contributed by atoms with Gasteiger partial charge in [-0.25, -0.2) is 0 Å². The van der Waals surface area contributed by atoms with Crippen molar-refractivity contribution in [2.45, 2.75) is 6.35 Å². The fourth-order valence-electron chi connectivity index (χ4n) is 0.482. The summed E-state index contributed by atoms with van der Waals surface area (Å²) in [5.74, 6) is 0. The van der Waals surface area contributed by atoms with Crippen LogP contribution < -0.4 is 0 Å². The molecule has 0 spiro atoms. The van der Waals surface area contributed by atoms with E-state index in [1.54, 1.807) is 0 Å². The first-order valence-corrected chi connectivity index (χ1v) is 2.19. The van der Waals surface area contributed by atoms with Gasteiger partial charge in [-0.05, 0) is 0 Å². The molecular formula is C4H6N2O2. The highest BCUT2D eigenvalue weighted by Gasteiger charge is 2.14. The van der Waals surface area contributed by atoms with E-state index in [1.165, 1.54) is 19.5 Å². The zero-order valence-electron chi connectivity index (χ0n) is 4.44. The number of aliphatic imine (C=N–C) groups is 1. The first-order chi connectivity index (χ1) is 3.84. The minimum Gasteiger partial charge on any atom is -0.620 e. The van der Waals surface area contributed by atoms with Crippen LogP contribution in [-0.2, 0) is 4.74 Å². The Morgan fingerprint density at radius 3 is 2.88 bits per heavy atom. The van der Waals surface area contributed by atoms with Crippen LogP contribution >= 0.6 is 0 Å². The zero-order valence-corrected chi connectivity index (χ0v) is 4.44. The minimum atomic E-state index is -0.644. The van der Waals surface area contributed by atoms with Crippen molar-refractivity contribution in [1.29, 1.82) is 0 Å². The van der Waals surface area contributed by atoms with Crippen LogP contribution in [0.1, 0.15) is 0 Å². The first-order valence-electron chi connectivity index (χ1n) is 2.19. The maximum atomic E-state index is 10.4. The van der Waals surface area contributed by atoms with Gasteiger partial charge in [-0.1, -0.05) is 0 Å². The van der Waals surface area contributed by atoms with Crippen molar-refractivity contribution in [1.82, 2.24) is 0 Å². The monoisotopic (exact) mass is 114 g/mol. The van der Waals surface area contributed by atoms with Crippen LogP contribution in [0, 0.1) is 5.21 Å². The minimum absolute atomic E-state index is 0.639. The normalized spacial score (nSPS) is 26.1. The molecule has 0 saturated heterocycles. The van der Waals surface area contributed by atoms with Gasteiger partial charge in [0.05, 0.1) is 6.21 Å². The Labute approximate surface area is 46.7 Å². The second-order valence-corrected chi connectivity index (χ2v) is 1.37. The van der Waals surface area contributed by atoms with E-state index in [9.17, 15) is 5.21 Å². The van der Waals surface area contributed by atoms with E-state index in [1.807, 2.05) is 0 Å². The number of hydroxylamine groups is 1. The number of ether oxygens (including phenoxy) is 1. The third kappa shape index (κ3) is 0.696. The summed E-state index contributed by atoms with van der Waals surface area (Å²) in [6.07, 6.45) is 2.09. The summed E-state index contributed by atoms with van der Waals surface area (Å²) in [7, 11) is 1.44. The van der Waals surface area contributed by atoms with Crippen LogP contribution in [0.2, 0.25) is 0 Å². The average Bonchev–Trinajstić information content (AvgIpc) is 2.14. The molecule has 8 heavy (non-hydrogen) atoms. The predicted octanol–water partition coefficient (Wildman–Crippen LogP) is -0.418. The molecule has 0 N–H and O–H groups in total. The van der Waals surface area contributed by atoms with Crippen molar-refractivity contribution < 1.29 is 9.48 Å². The second-order valence-electron chi connectivity index (χ2n) is 1.37. The quantitative estimate of drug-likeness (QED) is 0.343. The highest BCUT2D eigenvalue weighted by molar-refractivity contribution is 6.14. The van der Waals surface area contributed by atoms with Crippen molar-refractivity contribution >= 4 is 12.4 Å². The molecular weight excluding hydrogens is 108 g/mol. The van der Waals surface area contributed by atoms with Crippen LogP contribution in [0.15, 0.2) is 4.99 Å². The number of rotatable bonds is 1. The summed E-state index contributed by atoms with van der Waals surface area (Å²) in [6.45, 7) is 0. The Kier molecular flexibility index (Phi) is 1.26. The van der Waals surface area contributed by atoms with Gasteiger partial charge in [0.25, 0.3) is 0 Å². The Morgan fingerprint density at radius 1 is 1.88 bits per heavy atom. The van der Waals surface area contributed by atoms with E-state index >= 15 is 0 Å². The molecule has 1 aliphatic heterocycles. The van der Waals surface area contributed by atoms with Crippen LogP contribution in [0.5, 0.6) is 0 Å². The maximum absolute atomic E-state index is 10.4. The standard InChI is InChI=1S/C4H6N2O2/c1-8-4-5-2-3-6(4)7/h2-4H,1H3. The molecule has 0 aromatic heterocycles. The van der Waals surface area contributed by atoms with E-state index in [4.69, 9.17) is 0 Å². The lowest BCUT2D eigenvalue weighted by Crippen LogP contribution is -2.16. The van der Waals surface area contributed by atoms with Crippen LogP contribution in [-0.4, -0.2) is 30.6 Å². The number of hydrogen-bond acceptors (Lipinski definition) is 3. The second kappa shape index (κ2) is 1.92. The molecule has 0 radical (unpaired) electrons. The van der Waals surface area contributed by atoms with E-state index in [-0.39, 0.29) is 0 Å². The molecule has 0 amide bonds. The molecule has 1 rings (SSSR count). The van der Waals surface area contributed by atoms with E-state index in [0.717, 1.165) is 0 Å². The Balaban J connectivity index is 2.58. The Hall–Kier alpha value is -0.900. The highest BCUT2D eigenvalue weighted by Crippen LogP contribution is 1.94.